The topological polar surface area (TPSA) is 85.9 Å². The quantitative estimate of drug-likeness (QED) is 0.666. The van der Waals surface area contributed by atoms with Gasteiger partial charge in [-0.05, 0) is 18.6 Å². The Labute approximate surface area is 116 Å². The predicted molar refractivity (Wildman–Crippen MR) is 74.7 cm³/mol. The van der Waals surface area contributed by atoms with Gasteiger partial charge in [0, 0.05) is 18.7 Å². The van der Waals surface area contributed by atoms with Crippen molar-refractivity contribution in [2.45, 2.75) is 33.4 Å². The molecule has 0 saturated carbocycles. The molecule has 1 aromatic heterocycles. The minimum atomic E-state index is -0.407. The predicted octanol–water partition coefficient (Wildman–Crippen LogP) is 1.98. The van der Waals surface area contributed by atoms with Gasteiger partial charge in [-0.1, -0.05) is 25.1 Å². The average Bonchev–Trinajstić information content (AvgIpc) is 2.84. The zero-order chi connectivity index (χ0) is 14.7. The summed E-state index contributed by atoms with van der Waals surface area (Å²) in [6.45, 7) is 6.47. The largest absolute Gasteiger partial charge is 0.309 e. The summed E-state index contributed by atoms with van der Waals surface area (Å²) in [4.78, 5) is 10.7. The Morgan fingerprint density at radius 3 is 2.85 bits per heavy atom. The average molecular weight is 275 g/mol. The van der Waals surface area contributed by atoms with Crippen LogP contribution in [0.3, 0.4) is 0 Å². The van der Waals surface area contributed by atoms with Crippen LogP contribution >= 0.6 is 0 Å². The lowest BCUT2D eigenvalue weighted by Gasteiger charge is -2.04. The lowest BCUT2D eigenvalue weighted by Crippen LogP contribution is -2.21. The number of nitro groups is 1. The molecule has 0 aliphatic rings. The molecular weight excluding hydrogens is 258 g/mol. The summed E-state index contributed by atoms with van der Waals surface area (Å²) in [5.74, 6) is 0. The molecule has 0 radical (unpaired) electrons. The van der Waals surface area contributed by atoms with E-state index in [1.807, 2.05) is 26.8 Å². The van der Waals surface area contributed by atoms with E-state index in [1.165, 1.54) is 10.7 Å². The molecule has 20 heavy (non-hydrogen) atoms. The Balaban J connectivity index is 2.30. The molecule has 0 atom stereocenters. The van der Waals surface area contributed by atoms with Gasteiger partial charge in [-0.2, -0.15) is 0 Å². The van der Waals surface area contributed by atoms with E-state index in [-0.39, 0.29) is 5.69 Å². The normalized spacial score (nSPS) is 11.0. The maximum atomic E-state index is 11.1. The summed E-state index contributed by atoms with van der Waals surface area (Å²) < 4.78 is 1.44. The van der Waals surface area contributed by atoms with Gasteiger partial charge in [0.15, 0.2) is 0 Å². The molecular formula is C13H17N5O2. The molecule has 0 bridgehead atoms. The van der Waals surface area contributed by atoms with Crippen LogP contribution in [0.1, 0.15) is 25.1 Å². The smallest absolute Gasteiger partial charge is 0.295 e. The highest BCUT2D eigenvalue weighted by Crippen LogP contribution is 2.23. The monoisotopic (exact) mass is 275 g/mol. The van der Waals surface area contributed by atoms with Crippen molar-refractivity contribution in [1.82, 2.24) is 20.3 Å². The molecule has 0 aliphatic carbocycles. The van der Waals surface area contributed by atoms with Gasteiger partial charge in [-0.3, -0.25) is 10.1 Å². The van der Waals surface area contributed by atoms with Crippen LogP contribution in [-0.4, -0.2) is 26.0 Å². The second-order valence-electron chi connectivity index (χ2n) is 4.94. The van der Waals surface area contributed by atoms with Gasteiger partial charge in [0.05, 0.1) is 16.8 Å². The summed E-state index contributed by atoms with van der Waals surface area (Å²) in [7, 11) is 0. The standard InChI is InChI=1S/C13H17N5O2/c1-9(2)14-7-11-8-17(16-15-11)12-5-4-10(3)6-13(12)18(19)20/h4-6,8-9,14H,7H2,1-3H3. The fourth-order valence-electron chi connectivity index (χ4n) is 1.78. The summed E-state index contributed by atoms with van der Waals surface area (Å²) in [5, 5.41) is 22.3. The lowest BCUT2D eigenvalue weighted by atomic mass is 10.2. The fraction of sp³-hybridized carbons (Fsp3) is 0.385. The molecule has 1 aromatic carbocycles. The number of nitrogens with zero attached hydrogens (tertiary/aromatic N) is 4. The van der Waals surface area contributed by atoms with Gasteiger partial charge >= 0.3 is 0 Å². The highest BCUT2D eigenvalue weighted by molar-refractivity contribution is 5.53. The maximum Gasteiger partial charge on any atom is 0.295 e. The van der Waals surface area contributed by atoms with E-state index in [0.29, 0.717) is 18.3 Å². The summed E-state index contributed by atoms with van der Waals surface area (Å²) in [6.07, 6.45) is 1.70. The van der Waals surface area contributed by atoms with Crippen LogP contribution < -0.4 is 5.32 Å². The van der Waals surface area contributed by atoms with E-state index in [9.17, 15) is 10.1 Å². The van der Waals surface area contributed by atoms with Gasteiger partial charge in [-0.25, -0.2) is 4.68 Å². The van der Waals surface area contributed by atoms with Crippen molar-refractivity contribution in [1.29, 1.82) is 0 Å². The molecule has 2 rings (SSSR count). The number of hydrogen-bond acceptors (Lipinski definition) is 5. The molecule has 2 aromatic rings. The summed E-state index contributed by atoms with van der Waals surface area (Å²) >= 11 is 0. The fourth-order valence-corrected chi connectivity index (χ4v) is 1.78. The molecule has 0 saturated heterocycles. The first-order valence-corrected chi connectivity index (χ1v) is 6.37. The second-order valence-corrected chi connectivity index (χ2v) is 4.94. The number of rotatable bonds is 5. The number of aromatic nitrogens is 3. The molecule has 0 unspecified atom stereocenters. The van der Waals surface area contributed by atoms with Crippen molar-refractivity contribution in [3.63, 3.8) is 0 Å². The molecule has 1 N–H and O–H groups in total. The number of nitro benzene ring substituents is 1. The molecule has 7 nitrogen and oxygen atoms in total. The maximum absolute atomic E-state index is 11.1. The van der Waals surface area contributed by atoms with Gasteiger partial charge in [-0.15, -0.1) is 5.10 Å². The summed E-state index contributed by atoms with van der Waals surface area (Å²) in [6, 6.07) is 5.37. The highest BCUT2D eigenvalue weighted by Gasteiger charge is 2.16. The van der Waals surface area contributed by atoms with Crippen molar-refractivity contribution in [2.24, 2.45) is 0 Å². The van der Waals surface area contributed by atoms with Crippen molar-refractivity contribution < 1.29 is 4.92 Å². The van der Waals surface area contributed by atoms with E-state index in [2.05, 4.69) is 15.6 Å². The number of aryl methyl sites for hydroxylation is 1. The van der Waals surface area contributed by atoms with Crippen molar-refractivity contribution in [2.75, 3.05) is 0 Å². The number of nitrogens with one attached hydrogen (secondary N) is 1. The highest BCUT2D eigenvalue weighted by atomic mass is 16.6. The van der Waals surface area contributed by atoms with Gasteiger partial charge in [0.2, 0.25) is 0 Å². The van der Waals surface area contributed by atoms with Crippen LogP contribution in [-0.2, 0) is 6.54 Å². The van der Waals surface area contributed by atoms with Gasteiger partial charge in [0.1, 0.15) is 5.69 Å². The SMILES string of the molecule is Cc1ccc(-n2cc(CNC(C)C)nn2)c([N+](=O)[O-])c1. The van der Waals surface area contributed by atoms with Crippen molar-refractivity contribution in [3.05, 3.63) is 45.8 Å². The van der Waals surface area contributed by atoms with Crippen LogP contribution in [0.2, 0.25) is 0 Å². The molecule has 1 heterocycles. The molecule has 7 heteroatoms. The van der Waals surface area contributed by atoms with Gasteiger partial charge in [0.25, 0.3) is 5.69 Å². The zero-order valence-electron chi connectivity index (χ0n) is 11.7. The third-order valence-electron chi connectivity index (χ3n) is 2.81. The third-order valence-corrected chi connectivity index (χ3v) is 2.81. The lowest BCUT2D eigenvalue weighted by molar-refractivity contribution is -0.384. The number of hydrogen-bond donors (Lipinski definition) is 1. The number of benzene rings is 1. The van der Waals surface area contributed by atoms with Crippen LogP contribution in [0.25, 0.3) is 5.69 Å². The Hall–Kier alpha value is -2.28. The van der Waals surface area contributed by atoms with Crippen LogP contribution in [0.15, 0.2) is 24.4 Å². The third kappa shape index (κ3) is 3.18. The minimum absolute atomic E-state index is 0.0262. The molecule has 0 fully saturated rings. The first kappa shape index (κ1) is 14.1. The van der Waals surface area contributed by atoms with E-state index >= 15 is 0 Å². The molecule has 0 spiro atoms. The van der Waals surface area contributed by atoms with Crippen LogP contribution in [0.5, 0.6) is 0 Å². The van der Waals surface area contributed by atoms with Crippen molar-refractivity contribution in [3.8, 4) is 5.69 Å². The van der Waals surface area contributed by atoms with Crippen molar-refractivity contribution >= 4 is 5.69 Å². The van der Waals surface area contributed by atoms with E-state index in [0.717, 1.165) is 11.3 Å². The minimum Gasteiger partial charge on any atom is -0.309 e. The molecule has 106 valence electrons. The first-order chi connectivity index (χ1) is 9.47. The van der Waals surface area contributed by atoms with Crippen LogP contribution in [0, 0.1) is 17.0 Å². The zero-order valence-corrected chi connectivity index (χ0v) is 11.7. The Kier molecular flexibility index (Phi) is 4.09. The molecule has 0 aliphatic heterocycles. The van der Waals surface area contributed by atoms with E-state index < -0.39 is 4.92 Å². The van der Waals surface area contributed by atoms with Gasteiger partial charge < -0.3 is 5.32 Å². The second kappa shape index (κ2) is 5.79. The summed E-state index contributed by atoms with van der Waals surface area (Å²) in [5.41, 5.74) is 2.03. The first-order valence-electron chi connectivity index (χ1n) is 6.37. The Morgan fingerprint density at radius 2 is 2.20 bits per heavy atom. The molecule has 0 amide bonds. The van der Waals surface area contributed by atoms with E-state index in [4.69, 9.17) is 0 Å². The van der Waals surface area contributed by atoms with E-state index in [1.54, 1.807) is 12.3 Å². The Morgan fingerprint density at radius 1 is 1.45 bits per heavy atom. The Bertz CT molecular complexity index is 621. The van der Waals surface area contributed by atoms with Crippen LogP contribution in [0.4, 0.5) is 5.69 Å².